The number of amides is 1. The van der Waals surface area contributed by atoms with E-state index in [0.29, 0.717) is 10.7 Å². The number of carboxylic acid groups (broad SMARTS) is 1. The molecule has 2 atom stereocenters. The van der Waals surface area contributed by atoms with Crippen molar-refractivity contribution in [2.45, 2.75) is 52.0 Å². The minimum atomic E-state index is -1.14. The third kappa shape index (κ3) is 7.66. The summed E-state index contributed by atoms with van der Waals surface area (Å²) in [6.45, 7) is 7.67. The number of carboxylic acids is 1. The molecule has 0 aliphatic carbocycles. The van der Waals surface area contributed by atoms with Gasteiger partial charge in [0.25, 0.3) is 0 Å². The minimum Gasteiger partial charge on any atom is -0.497 e. The van der Waals surface area contributed by atoms with Crippen LogP contribution in [0.25, 0.3) is 33.3 Å². The topological polar surface area (TPSA) is 118 Å². The Morgan fingerprint density at radius 1 is 0.870 bits per heavy atom. The molecule has 2 N–H and O–H groups in total. The number of carbonyl (C=O) groups is 3. The maximum atomic E-state index is 13.3. The largest absolute Gasteiger partial charge is 0.497 e. The summed E-state index contributed by atoms with van der Waals surface area (Å²) < 4.78 is 5.32. The highest BCUT2D eigenvalue weighted by Gasteiger charge is 2.27. The number of carbonyl (C=O) groups excluding carboxylic acids is 2. The molecule has 2 aromatic heterocycles. The van der Waals surface area contributed by atoms with E-state index in [-0.39, 0.29) is 24.0 Å². The molecule has 46 heavy (non-hydrogen) atoms. The molecule has 0 saturated heterocycles. The molecule has 0 radical (unpaired) electrons. The van der Waals surface area contributed by atoms with Gasteiger partial charge in [0.15, 0.2) is 11.6 Å². The van der Waals surface area contributed by atoms with E-state index in [2.05, 4.69) is 42.1 Å². The number of methoxy groups -OCH3 is 1. The van der Waals surface area contributed by atoms with Crippen molar-refractivity contribution in [3.63, 3.8) is 0 Å². The van der Waals surface area contributed by atoms with Gasteiger partial charge in [0.1, 0.15) is 11.8 Å². The van der Waals surface area contributed by atoms with Crippen molar-refractivity contribution in [1.82, 2.24) is 15.3 Å². The monoisotopic (exact) mass is 635 g/mol. The Balaban J connectivity index is 1.31. The van der Waals surface area contributed by atoms with Gasteiger partial charge in [0, 0.05) is 40.7 Å². The number of thiophene rings is 1. The first-order valence-electron chi connectivity index (χ1n) is 15.1. The Bertz CT molecular complexity index is 1870. The summed E-state index contributed by atoms with van der Waals surface area (Å²) in [6, 6.07) is 22.4. The Labute approximate surface area is 272 Å². The standard InChI is InChI=1S/C37H37N3O5S/c1-22(36(43)44)40-35(42)28(19-31(41)32-14-15-33(46-32)37(2,3)4)16-23-6-8-24(9-7-23)34-38-20-29(21-39-34)26-10-11-27-18-30(45-5)13-12-25(27)17-26/h6-15,17-18,20-22,28H,16,19H2,1-5H3,(H,40,42)(H,43,44)/t22-,28-/m1/s1. The molecule has 1 amide bonds. The lowest BCUT2D eigenvalue weighted by Gasteiger charge is -2.18. The molecule has 0 spiro atoms. The molecular weight excluding hydrogens is 598 g/mol. The normalized spacial score (nSPS) is 12.8. The van der Waals surface area contributed by atoms with E-state index in [4.69, 9.17) is 4.74 Å². The van der Waals surface area contributed by atoms with Crippen molar-refractivity contribution in [3.8, 4) is 28.3 Å². The molecule has 0 unspecified atom stereocenters. The van der Waals surface area contributed by atoms with Gasteiger partial charge in [-0.1, -0.05) is 63.2 Å². The zero-order valence-corrected chi connectivity index (χ0v) is 27.4. The highest BCUT2D eigenvalue weighted by atomic mass is 32.1. The van der Waals surface area contributed by atoms with Gasteiger partial charge in [-0.3, -0.25) is 14.4 Å². The fourth-order valence-corrected chi connectivity index (χ4v) is 6.11. The molecule has 9 heteroatoms. The van der Waals surface area contributed by atoms with Crippen LogP contribution >= 0.6 is 11.3 Å². The Morgan fingerprint density at radius 3 is 2.15 bits per heavy atom. The van der Waals surface area contributed by atoms with Crippen LogP contribution < -0.4 is 10.1 Å². The lowest BCUT2D eigenvalue weighted by molar-refractivity contribution is -0.141. The summed E-state index contributed by atoms with van der Waals surface area (Å²) in [7, 11) is 1.65. The van der Waals surface area contributed by atoms with Gasteiger partial charge in [-0.05, 0) is 71.0 Å². The molecule has 0 saturated carbocycles. The second kappa shape index (κ2) is 13.6. The third-order valence-electron chi connectivity index (χ3n) is 7.88. The lowest BCUT2D eigenvalue weighted by Crippen LogP contribution is -2.42. The molecule has 5 aromatic rings. The van der Waals surface area contributed by atoms with E-state index in [1.807, 2.05) is 60.7 Å². The average Bonchev–Trinajstić information content (AvgIpc) is 3.56. The number of hydrogen-bond acceptors (Lipinski definition) is 7. The number of ketones is 1. The molecule has 0 aliphatic rings. The van der Waals surface area contributed by atoms with Gasteiger partial charge in [0.2, 0.25) is 5.91 Å². The van der Waals surface area contributed by atoms with Gasteiger partial charge in [-0.25, -0.2) is 9.97 Å². The number of fused-ring (bicyclic) bond motifs is 1. The average molecular weight is 636 g/mol. The van der Waals surface area contributed by atoms with Crippen molar-refractivity contribution in [3.05, 3.63) is 101 Å². The third-order valence-corrected chi connectivity index (χ3v) is 9.43. The van der Waals surface area contributed by atoms with E-state index in [1.165, 1.54) is 18.3 Å². The Kier molecular flexibility index (Phi) is 9.63. The quantitative estimate of drug-likeness (QED) is 0.146. The van der Waals surface area contributed by atoms with Crippen molar-refractivity contribution in [1.29, 1.82) is 0 Å². The van der Waals surface area contributed by atoms with E-state index in [1.54, 1.807) is 25.6 Å². The number of aromatic nitrogens is 2. The summed E-state index contributed by atoms with van der Waals surface area (Å²) in [5, 5.41) is 14.0. The van der Waals surface area contributed by atoms with Gasteiger partial charge < -0.3 is 15.2 Å². The van der Waals surface area contributed by atoms with Crippen molar-refractivity contribution >= 4 is 39.8 Å². The maximum absolute atomic E-state index is 13.3. The minimum absolute atomic E-state index is 0.0308. The number of hydrogen-bond donors (Lipinski definition) is 2. The van der Waals surface area contributed by atoms with Crippen LogP contribution in [-0.2, 0) is 21.4 Å². The summed E-state index contributed by atoms with van der Waals surface area (Å²) in [6.07, 6.45) is 3.84. The SMILES string of the molecule is COc1ccc2cc(-c3cnc(-c4ccc(C[C@H](CC(=O)c5ccc(C(C)(C)C)s5)C(=O)N[C@H](C)C(=O)O)cc4)nc3)ccc2c1. The van der Waals surface area contributed by atoms with E-state index in [9.17, 15) is 19.5 Å². The zero-order valence-electron chi connectivity index (χ0n) is 26.5. The summed E-state index contributed by atoms with van der Waals surface area (Å²) in [5.41, 5.74) is 3.46. The first-order chi connectivity index (χ1) is 21.9. The molecule has 3 aromatic carbocycles. The maximum Gasteiger partial charge on any atom is 0.325 e. The van der Waals surface area contributed by atoms with Gasteiger partial charge >= 0.3 is 5.97 Å². The van der Waals surface area contributed by atoms with E-state index < -0.39 is 23.8 Å². The van der Waals surface area contributed by atoms with Crippen molar-refractivity contribution < 1.29 is 24.2 Å². The molecule has 8 nitrogen and oxygen atoms in total. The van der Waals surface area contributed by atoms with Gasteiger partial charge in [-0.15, -0.1) is 11.3 Å². The number of Topliss-reactive ketones (excluding diaryl/α,β-unsaturated/α-hetero) is 1. The molecule has 0 aliphatic heterocycles. The summed E-state index contributed by atoms with van der Waals surface area (Å²) in [5.74, 6) is -1.10. The number of benzene rings is 3. The van der Waals surface area contributed by atoms with Crippen LogP contribution in [0.5, 0.6) is 5.75 Å². The predicted octanol–water partition coefficient (Wildman–Crippen LogP) is 7.35. The van der Waals surface area contributed by atoms with Crippen LogP contribution in [0.2, 0.25) is 0 Å². The van der Waals surface area contributed by atoms with Crippen LogP contribution in [0.3, 0.4) is 0 Å². The molecule has 2 heterocycles. The van der Waals surface area contributed by atoms with Gasteiger partial charge in [-0.2, -0.15) is 0 Å². The molecule has 236 valence electrons. The molecule has 0 bridgehead atoms. The molecule has 5 rings (SSSR count). The summed E-state index contributed by atoms with van der Waals surface area (Å²) in [4.78, 5) is 48.7. The number of ether oxygens (including phenoxy) is 1. The highest BCUT2D eigenvalue weighted by molar-refractivity contribution is 7.14. The van der Waals surface area contributed by atoms with Crippen molar-refractivity contribution in [2.24, 2.45) is 5.92 Å². The molecule has 0 fully saturated rings. The van der Waals surface area contributed by atoms with E-state index >= 15 is 0 Å². The fourth-order valence-electron chi connectivity index (χ4n) is 5.10. The fraction of sp³-hybridized carbons (Fsp3) is 0.270. The first kappa shape index (κ1) is 32.5. The Hall–Kier alpha value is -4.89. The van der Waals surface area contributed by atoms with Crippen LogP contribution in [0, 0.1) is 5.92 Å². The number of aliphatic carboxylic acids is 1. The van der Waals surface area contributed by atoms with Gasteiger partial charge in [0.05, 0.1) is 12.0 Å². The number of nitrogens with zero attached hydrogens (tertiary/aromatic N) is 2. The highest BCUT2D eigenvalue weighted by Crippen LogP contribution is 2.31. The molecular formula is C37H37N3O5S. The van der Waals surface area contributed by atoms with Crippen molar-refractivity contribution in [2.75, 3.05) is 7.11 Å². The smallest absolute Gasteiger partial charge is 0.325 e. The van der Waals surface area contributed by atoms with Crippen LogP contribution in [0.1, 0.15) is 54.2 Å². The second-order valence-corrected chi connectivity index (χ2v) is 13.5. The first-order valence-corrected chi connectivity index (χ1v) is 15.9. The second-order valence-electron chi connectivity index (χ2n) is 12.4. The van der Waals surface area contributed by atoms with Crippen LogP contribution in [-0.4, -0.2) is 45.9 Å². The van der Waals surface area contributed by atoms with E-state index in [0.717, 1.165) is 43.7 Å². The zero-order chi connectivity index (χ0) is 33.0. The number of rotatable bonds is 11. The van der Waals surface area contributed by atoms with Crippen LogP contribution in [0.15, 0.2) is 85.2 Å². The Morgan fingerprint density at radius 2 is 1.52 bits per heavy atom. The van der Waals surface area contributed by atoms with Crippen LogP contribution in [0.4, 0.5) is 0 Å². The summed E-state index contributed by atoms with van der Waals surface area (Å²) >= 11 is 1.43. The predicted molar refractivity (Wildman–Crippen MR) is 181 cm³/mol. The number of nitrogens with one attached hydrogen (secondary N) is 1. The lowest BCUT2D eigenvalue weighted by atomic mass is 9.92.